The highest BCUT2D eigenvalue weighted by atomic mass is 32.2. The molecule has 0 aliphatic heterocycles. The first kappa shape index (κ1) is 20.3. The molecule has 2 aromatic carbocycles. The average Bonchev–Trinajstić information content (AvgIpc) is 2.56. The molecule has 2 aromatic rings. The molecular formula is C14H12F4N2O4S2. The minimum absolute atomic E-state index is 0.462. The fraction of sp³-hybridized carbons (Fsp3) is 0.143. The Labute approximate surface area is 147 Å². The molecule has 0 unspecified atom stereocenters. The normalized spacial score (nSPS) is 12.3. The number of rotatable bonds is 7. The maximum atomic E-state index is 13.5. The Balaban J connectivity index is 2.04. The standard InChI is InChI=1S/C14H12F4N2O4S2/c15-9-1-3-11(17)13(7-9)25(21,22)19-5-6-20-26(23,24)14-8-10(16)2-4-12(14)18/h1-4,7-8,19-20H,5-6H2. The van der Waals surface area contributed by atoms with Crippen molar-refractivity contribution in [3.05, 3.63) is 59.7 Å². The van der Waals surface area contributed by atoms with E-state index in [9.17, 15) is 34.4 Å². The molecule has 0 radical (unpaired) electrons. The fourth-order valence-electron chi connectivity index (χ4n) is 1.89. The molecule has 0 heterocycles. The van der Waals surface area contributed by atoms with Crippen molar-refractivity contribution in [3.8, 4) is 0 Å². The van der Waals surface area contributed by atoms with E-state index in [1.165, 1.54) is 0 Å². The Morgan fingerprint density at radius 1 is 0.654 bits per heavy atom. The highest BCUT2D eigenvalue weighted by Crippen LogP contribution is 2.16. The van der Waals surface area contributed by atoms with E-state index in [-0.39, 0.29) is 0 Å². The minimum atomic E-state index is -4.44. The summed E-state index contributed by atoms with van der Waals surface area (Å²) in [5.41, 5.74) is 0. The van der Waals surface area contributed by atoms with Crippen molar-refractivity contribution < 1.29 is 34.4 Å². The third kappa shape index (κ3) is 4.78. The van der Waals surface area contributed by atoms with Crippen molar-refractivity contribution in [2.75, 3.05) is 13.1 Å². The smallest absolute Gasteiger partial charge is 0.210 e. The summed E-state index contributed by atoms with van der Waals surface area (Å²) in [4.78, 5) is -1.90. The molecular weight excluding hydrogens is 400 g/mol. The van der Waals surface area contributed by atoms with Gasteiger partial charge in [-0.1, -0.05) is 0 Å². The van der Waals surface area contributed by atoms with Gasteiger partial charge in [0.15, 0.2) is 0 Å². The Hall–Kier alpha value is -2.02. The molecule has 2 rings (SSSR count). The van der Waals surface area contributed by atoms with E-state index in [0.717, 1.165) is 12.1 Å². The molecule has 2 N–H and O–H groups in total. The Kier molecular flexibility index (Phi) is 6.01. The number of sulfonamides is 2. The Morgan fingerprint density at radius 2 is 1.00 bits per heavy atom. The molecule has 0 saturated heterocycles. The molecule has 0 amide bonds. The van der Waals surface area contributed by atoms with Crippen LogP contribution in [0.15, 0.2) is 46.2 Å². The zero-order valence-corrected chi connectivity index (χ0v) is 14.5. The Morgan fingerprint density at radius 3 is 1.35 bits per heavy atom. The SMILES string of the molecule is O=S(=O)(NCCNS(=O)(=O)c1cc(F)ccc1F)c1cc(F)ccc1F. The molecule has 0 fully saturated rings. The summed E-state index contributed by atoms with van der Waals surface area (Å²) in [6.45, 7) is -1.09. The molecule has 12 heteroatoms. The summed E-state index contributed by atoms with van der Waals surface area (Å²) < 4.78 is 104. The van der Waals surface area contributed by atoms with Crippen LogP contribution < -0.4 is 9.44 Å². The monoisotopic (exact) mass is 412 g/mol. The lowest BCUT2D eigenvalue weighted by molar-refractivity contribution is 0.539. The second kappa shape index (κ2) is 7.70. The van der Waals surface area contributed by atoms with Crippen molar-refractivity contribution in [2.24, 2.45) is 0 Å². The largest absolute Gasteiger partial charge is 0.243 e. The molecule has 0 aromatic heterocycles. The van der Waals surface area contributed by atoms with E-state index in [4.69, 9.17) is 0 Å². The molecule has 142 valence electrons. The van der Waals surface area contributed by atoms with Gasteiger partial charge < -0.3 is 0 Å². The molecule has 0 bridgehead atoms. The van der Waals surface area contributed by atoms with E-state index in [2.05, 4.69) is 0 Å². The van der Waals surface area contributed by atoms with Crippen LogP contribution in [-0.2, 0) is 20.0 Å². The molecule has 0 aliphatic carbocycles. The second-order valence-corrected chi connectivity index (χ2v) is 8.42. The molecule has 6 nitrogen and oxygen atoms in total. The van der Waals surface area contributed by atoms with Crippen LogP contribution in [-0.4, -0.2) is 29.9 Å². The zero-order valence-electron chi connectivity index (χ0n) is 12.8. The van der Waals surface area contributed by atoms with Crippen LogP contribution in [0.4, 0.5) is 17.6 Å². The Bertz CT molecular complexity index is 944. The van der Waals surface area contributed by atoms with Crippen molar-refractivity contribution in [2.45, 2.75) is 9.79 Å². The van der Waals surface area contributed by atoms with Gasteiger partial charge in [-0.3, -0.25) is 0 Å². The average molecular weight is 412 g/mol. The first-order chi connectivity index (χ1) is 12.0. The van der Waals surface area contributed by atoms with Gasteiger partial charge >= 0.3 is 0 Å². The summed E-state index contributed by atoms with van der Waals surface area (Å²) in [5.74, 6) is -4.34. The molecule has 0 aliphatic rings. The topological polar surface area (TPSA) is 92.3 Å². The molecule has 0 saturated carbocycles. The number of hydrogen-bond acceptors (Lipinski definition) is 4. The lowest BCUT2D eigenvalue weighted by Gasteiger charge is -2.10. The maximum absolute atomic E-state index is 13.5. The van der Waals surface area contributed by atoms with Gasteiger partial charge in [0.1, 0.15) is 33.1 Å². The minimum Gasteiger partial charge on any atom is -0.210 e. The number of benzene rings is 2. The second-order valence-electron chi connectivity index (χ2n) is 4.95. The van der Waals surface area contributed by atoms with Crippen LogP contribution in [0.1, 0.15) is 0 Å². The predicted molar refractivity (Wildman–Crippen MR) is 83.1 cm³/mol. The highest BCUT2D eigenvalue weighted by Gasteiger charge is 2.22. The quantitative estimate of drug-likeness (QED) is 0.533. The molecule has 0 spiro atoms. The summed E-state index contributed by atoms with van der Waals surface area (Å²) in [6.07, 6.45) is 0. The molecule has 0 atom stereocenters. The van der Waals surface area contributed by atoms with Gasteiger partial charge in [-0.05, 0) is 36.4 Å². The van der Waals surface area contributed by atoms with E-state index in [1.807, 2.05) is 9.44 Å². The fourth-order valence-corrected chi connectivity index (χ4v) is 4.13. The van der Waals surface area contributed by atoms with Crippen LogP contribution in [0.5, 0.6) is 0 Å². The van der Waals surface area contributed by atoms with Gasteiger partial charge in [0, 0.05) is 13.1 Å². The lowest BCUT2D eigenvalue weighted by atomic mass is 10.3. The summed E-state index contributed by atoms with van der Waals surface area (Å²) in [5, 5.41) is 0. The van der Waals surface area contributed by atoms with Crippen LogP contribution in [0.25, 0.3) is 0 Å². The highest BCUT2D eigenvalue weighted by molar-refractivity contribution is 7.90. The summed E-state index contributed by atoms with van der Waals surface area (Å²) in [7, 11) is -8.89. The van der Waals surface area contributed by atoms with E-state index in [0.29, 0.717) is 24.3 Å². The van der Waals surface area contributed by atoms with E-state index in [1.54, 1.807) is 0 Å². The van der Waals surface area contributed by atoms with Gasteiger partial charge in [0.05, 0.1) is 0 Å². The third-order valence-electron chi connectivity index (χ3n) is 3.07. The third-order valence-corrected chi connectivity index (χ3v) is 6.03. The lowest BCUT2D eigenvalue weighted by Crippen LogP contribution is -2.35. The van der Waals surface area contributed by atoms with Crippen molar-refractivity contribution in [1.29, 1.82) is 0 Å². The van der Waals surface area contributed by atoms with Crippen molar-refractivity contribution in [3.63, 3.8) is 0 Å². The first-order valence-electron chi connectivity index (χ1n) is 6.92. The van der Waals surface area contributed by atoms with E-state index >= 15 is 0 Å². The van der Waals surface area contributed by atoms with E-state index < -0.39 is 66.2 Å². The van der Waals surface area contributed by atoms with Gasteiger partial charge in [0.25, 0.3) is 0 Å². The van der Waals surface area contributed by atoms with Crippen molar-refractivity contribution >= 4 is 20.0 Å². The maximum Gasteiger partial charge on any atom is 0.243 e. The first-order valence-corrected chi connectivity index (χ1v) is 9.89. The predicted octanol–water partition coefficient (Wildman–Crippen LogP) is 1.50. The summed E-state index contributed by atoms with van der Waals surface area (Å²) in [6, 6.07) is 3.64. The van der Waals surface area contributed by atoms with Gasteiger partial charge in [-0.15, -0.1) is 0 Å². The number of halogens is 4. The van der Waals surface area contributed by atoms with Gasteiger partial charge in [0.2, 0.25) is 20.0 Å². The van der Waals surface area contributed by atoms with Crippen LogP contribution >= 0.6 is 0 Å². The number of nitrogens with one attached hydrogen (secondary N) is 2. The van der Waals surface area contributed by atoms with Gasteiger partial charge in [-0.25, -0.2) is 43.8 Å². The van der Waals surface area contributed by atoms with Crippen molar-refractivity contribution in [1.82, 2.24) is 9.44 Å². The van der Waals surface area contributed by atoms with Crippen LogP contribution in [0, 0.1) is 23.3 Å². The van der Waals surface area contributed by atoms with Crippen LogP contribution in [0.2, 0.25) is 0 Å². The zero-order chi connectivity index (χ0) is 19.5. The summed E-state index contributed by atoms with van der Waals surface area (Å²) >= 11 is 0. The van der Waals surface area contributed by atoms with Gasteiger partial charge in [-0.2, -0.15) is 0 Å². The van der Waals surface area contributed by atoms with Crippen LogP contribution in [0.3, 0.4) is 0 Å². The molecule has 26 heavy (non-hydrogen) atoms. The number of hydrogen-bond donors (Lipinski definition) is 2.